The molecule has 2 fully saturated rings. The topological polar surface area (TPSA) is 32.3 Å². The number of amides is 1. The van der Waals surface area contributed by atoms with Crippen LogP contribution in [-0.2, 0) is 4.79 Å². The van der Waals surface area contributed by atoms with Gasteiger partial charge < -0.3 is 4.90 Å². The maximum absolute atomic E-state index is 12.6. The molecule has 1 aliphatic carbocycles. The summed E-state index contributed by atoms with van der Waals surface area (Å²) in [7, 11) is 0. The second kappa shape index (κ2) is 5.96. The van der Waals surface area contributed by atoms with E-state index in [2.05, 4.69) is 17.1 Å². The largest absolute Gasteiger partial charge is 0.325 e. The minimum atomic E-state index is -0.139. The van der Waals surface area contributed by atoms with Crippen molar-refractivity contribution in [1.82, 2.24) is 10.2 Å². The molecule has 1 saturated heterocycles. The van der Waals surface area contributed by atoms with E-state index >= 15 is 0 Å². The first-order valence-corrected chi connectivity index (χ1v) is 7.88. The first-order valence-electron chi connectivity index (χ1n) is 7.88. The van der Waals surface area contributed by atoms with Crippen molar-refractivity contribution in [1.29, 1.82) is 0 Å². The average Bonchev–Trinajstić information content (AvgIpc) is 2.90. The number of benzene rings is 1. The maximum atomic E-state index is 12.6. The second-order valence-corrected chi connectivity index (χ2v) is 6.10. The Bertz CT molecular complexity index is 451. The lowest BCUT2D eigenvalue weighted by Crippen LogP contribution is -2.40. The van der Waals surface area contributed by atoms with Gasteiger partial charge in [0.25, 0.3) is 0 Å². The van der Waals surface area contributed by atoms with Gasteiger partial charge in [0.15, 0.2) is 0 Å². The van der Waals surface area contributed by atoms with E-state index in [1.165, 1.54) is 32.1 Å². The molecule has 1 N–H and O–H groups in total. The van der Waals surface area contributed by atoms with Crippen LogP contribution in [0.4, 0.5) is 0 Å². The van der Waals surface area contributed by atoms with E-state index in [0.717, 1.165) is 11.5 Å². The summed E-state index contributed by atoms with van der Waals surface area (Å²) in [5, 5.41) is 3.37. The molecule has 0 spiro atoms. The third-order valence-electron chi connectivity index (χ3n) is 4.96. The SMILES string of the molecule is CCC1CCC(N2CNC(c3ccccc3)C2=O)CC1. The zero-order chi connectivity index (χ0) is 13.9. The number of hydrogen-bond acceptors (Lipinski definition) is 2. The molecule has 0 bridgehead atoms. The molecule has 2 aliphatic rings. The first-order chi connectivity index (χ1) is 9.79. The molecule has 20 heavy (non-hydrogen) atoms. The lowest BCUT2D eigenvalue weighted by atomic mass is 9.84. The summed E-state index contributed by atoms with van der Waals surface area (Å²) in [5.74, 6) is 1.14. The molecule has 0 radical (unpaired) electrons. The standard InChI is InChI=1S/C17H24N2O/c1-2-13-8-10-15(11-9-13)19-12-18-16(17(19)20)14-6-4-3-5-7-14/h3-7,13,15-16,18H,2,8-12H2,1H3. The Morgan fingerprint density at radius 2 is 1.85 bits per heavy atom. The molecule has 1 saturated carbocycles. The van der Waals surface area contributed by atoms with Crippen molar-refractivity contribution in [2.24, 2.45) is 5.92 Å². The molecule has 1 aromatic carbocycles. The van der Waals surface area contributed by atoms with Crippen LogP contribution < -0.4 is 5.32 Å². The van der Waals surface area contributed by atoms with E-state index in [0.29, 0.717) is 12.7 Å². The fourth-order valence-corrected chi connectivity index (χ4v) is 3.60. The molecule has 3 nitrogen and oxygen atoms in total. The van der Waals surface area contributed by atoms with Crippen LogP contribution in [0.5, 0.6) is 0 Å². The summed E-state index contributed by atoms with van der Waals surface area (Å²) in [5.41, 5.74) is 1.09. The Labute approximate surface area is 121 Å². The summed E-state index contributed by atoms with van der Waals surface area (Å²) < 4.78 is 0. The highest BCUT2D eigenvalue weighted by atomic mass is 16.2. The number of nitrogens with zero attached hydrogens (tertiary/aromatic N) is 1. The van der Waals surface area contributed by atoms with E-state index < -0.39 is 0 Å². The quantitative estimate of drug-likeness (QED) is 0.917. The van der Waals surface area contributed by atoms with Gasteiger partial charge in [-0.2, -0.15) is 0 Å². The Hall–Kier alpha value is -1.35. The maximum Gasteiger partial charge on any atom is 0.245 e. The third-order valence-corrected chi connectivity index (χ3v) is 4.96. The van der Waals surface area contributed by atoms with Crippen molar-refractivity contribution in [3.8, 4) is 0 Å². The first kappa shape index (κ1) is 13.6. The summed E-state index contributed by atoms with van der Waals surface area (Å²) in [6, 6.07) is 10.4. The normalized spacial score (nSPS) is 30.8. The van der Waals surface area contributed by atoms with Gasteiger partial charge in [-0.05, 0) is 37.2 Å². The predicted octanol–water partition coefficient (Wildman–Crippen LogP) is 3.09. The van der Waals surface area contributed by atoms with Gasteiger partial charge in [0.2, 0.25) is 5.91 Å². The van der Waals surface area contributed by atoms with Gasteiger partial charge in [-0.25, -0.2) is 0 Å². The van der Waals surface area contributed by atoms with Gasteiger partial charge in [-0.3, -0.25) is 10.1 Å². The monoisotopic (exact) mass is 272 g/mol. The van der Waals surface area contributed by atoms with Gasteiger partial charge >= 0.3 is 0 Å². The van der Waals surface area contributed by atoms with E-state index in [9.17, 15) is 4.79 Å². The van der Waals surface area contributed by atoms with Gasteiger partial charge in [0.1, 0.15) is 6.04 Å². The lowest BCUT2D eigenvalue weighted by Gasteiger charge is -2.34. The molecular weight excluding hydrogens is 248 g/mol. The highest BCUT2D eigenvalue weighted by Gasteiger charge is 2.37. The summed E-state index contributed by atoms with van der Waals surface area (Å²) in [4.78, 5) is 14.7. The average molecular weight is 272 g/mol. The molecular formula is C17H24N2O. The molecule has 1 heterocycles. The smallest absolute Gasteiger partial charge is 0.245 e. The van der Waals surface area contributed by atoms with Crippen LogP contribution in [0.1, 0.15) is 50.6 Å². The molecule has 3 rings (SSSR count). The predicted molar refractivity (Wildman–Crippen MR) is 80.1 cm³/mol. The van der Waals surface area contributed by atoms with Crippen molar-refractivity contribution in [2.45, 2.75) is 51.1 Å². The van der Waals surface area contributed by atoms with Crippen LogP contribution in [0.25, 0.3) is 0 Å². The lowest BCUT2D eigenvalue weighted by molar-refractivity contribution is -0.131. The minimum Gasteiger partial charge on any atom is -0.325 e. The van der Waals surface area contributed by atoms with Crippen LogP contribution >= 0.6 is 0 Å². The highest BCUT2D eigenvalue weighted by molar-refractivity contribution is 5.85. The van der Waals surface area contributed by atoms with Crippen LogP contribution in [0.3, 0.4) is 0 Å². The molecule has 1 aromatic rings. The third kappa shape index (κ3) is 2.59. The Morgan fingerprint density at radius 1 is 1.15 bits per heavy atom. The number of hydrogen-bond donors (Lipinski definition) is 1. The highest BCUT2D eigenvalue weighted by Crippen LogP contribution is 2.32. The van der Waals surface area contributed by atoms with Gasteiger partial charge in [-0.1, -0.05) is 43.7 Å². The van der Waals surface area contributed by atoms with Gasteiger partial charge in [0.05, 0.1) is 6.67 Å². The summed E-state index contributed by atoms with van der Waals surface area (Å²) in [6.45, 7) is 2.98. The molecule has 1 unspecified atom stereocenters. The molecule has 3 heteroatoms. The van der Waals surface area contributed by atoms with Crippen LogP contribution in [0.15, 0.2) is 30.3 Å². The van der Waals surface area contributed by atoms with Crippen molar-refractivity contribution in [3.05, 3.63) is 35.9 Å². The van der Waals surface area contributed by atoms with E-state index in [1.54, 1.807) is 0 Å². The summed E-state index contributed by atoms with van der Waals surface area (Å²) in [6.07, 6.45) is 6.19. The number of rotatable bonds is 3. The number of carbonyl (C=O) groups excluding carboxylic acids is 1. The zero-order valence-electron chi connectivity index (χ0n) is 12.2. The molecule has 1 amide bonds. The van der Waals surface area contributed by atoms with E-state index in [1.807, 2.05) is 30.3 Å². The van der Waals surface area contributed by atoms with Gasteiger partial charge in [0, 0.05) is 6.04 Å². The molecule has 108 valence electrons. The Kier molecular flexibility index (Phi) is 4.06. The van der Waals surface area contributed by atoms with Crippen LogP contribution in [-0.4, -0.2) is 23.5 Å². The molecule has 0 aromatic heterocycles. The van der Waals surface area contributed by atoms with Crippen molar-refractivity contribution in [2.75, 3.05) is 6.67 Å². The minimum absolute atomic E-state index is 0.139. The van der Waals surface area contributed by atoms with Crippen molar-refractivity contribution < 1.29 is 4.79 Å². The molecule has 1 aliphatic heterocycles. The van der Waals surface area contributed by atoms with Crippen molar-refractivity contribution >= 4 is 5.91 Å². The zero-order valence-corrected chi connectivity index (χ0v) is 12.2. The Morgan fingerprint density at radius 3 is 2.50 bits per heavy atom. The fourth-order valence-electron chi connectivity index (χ4n) is 3.60. The number of nitrogens with one attached hydrogen (secondary N) is 1. The summed E-state index contributed by atoms with van der Waals surface area (Å²) >= 11 is 0. The van der Waals surface area contributed by atoms with Crippen molar-refractivity contribution in [3.63, 3.8) is 0 Å². The second-order valence-electron chi connectivity index (χ2n) is 6.10. The van der Waals surface area contributed by atoms with Crippen LogP contribution in [0.2, 0.25) is 0 Å². The van der Waals surface area contributed by atoms with E-state index in [-0.39, 0.29) is 11.9 Å². The number of carbonyl (C=O) groups is 1. The fraction of sp³-hybridized carbons (Fsp3) is 0.588. The Balaban J connectivity index is 1.65. The van der Waals surface area contributed by atoms with Crippen LogP contribution in [0, 0.1) is 5.92 Å². The van der Waals surface area contributed by atoms with Gasteiger partial charge in [-0.15, -0.1) is 0 Å². The molecule has 1 atom stereocenters. The van der Waals surface area contributed by atoms with E-state index in [4.69, 9.17) is 0 Å².